The lowest BCUT2D eigenvalue weighted by molar-refractivity contribution is -0.165. The third-order valence-electron chi connectivity index (χ3n) is 3.64. The van der Waals surface area contributed by atoms with Crippen molar-refractivity contribution in [2.75, 3.05) is 19.8 Å². The number of carbonyl (C=O) groups is 1. The van der Waals surface area contributed by atoms with Gasteiger partial charge in [0, 0.05) is 5.41 Å². The predicted molar refractivity (Wildman–Crippen MR) is 78.3 cm³/mol. The second-order valence-electron chi connectivity index (χ2n) is 5.85. The average Bonchev–Trinajstić information content (AvgIpc) is 2.50. The van der Waals surface area contributed by atoms with Gasteiger partial charge in [0.25, 0.3) is 5.56 Å². The van der Waals surface area contributed by atoms with E-state index in [4.69, 9.17) is 9.47 Å². The molecule has 22 heavy (non-hydrogen) atoms. The van der Waals surface area contributed by atoms with Gasteiger partial charge in [0.2, 0.25) is 0 Å². The van der Waals surface area contributed by atoms with E-state index in [0.29, 0.717) is 30.7 Å². The van der Waals surface area contributed by atoms with Crippen LogP contribution in [0, 0.1) is 5.41 Å². The van der Waals surface area contributed by atoms with Gasteiger partial charge in [-0.25, -0.2) is 4.68 Å². The van der Waals surface area contributed by atoms with Crippen LogP contribution in [-0.2, 0) is 20.8 Å². The highest BCUT2D eigenvalue weighted by atomic mass is 16.5. The monoisotopic (exact) mass is 303 g/mol. The summed E-state index contributed by atoms with van der Waals surface area (Å²) in [6.45, 7) is 3.71. The Morgan fingerprint density at radius 1 is 1.41 bits per heavy atom. The Morgan fingerprint density at radius 2 is 2.18 bits per heavy atom. The summed E-state index contributed by atoms with van der Waals surface area (Å²) in [5.74, 6) is -0.352. The minimum absolute atomic E-state index is 0.0742. The van der Waals surface area contributed by atoms with Crippen molar-refractivity contribution in [1.82, 2.24) is 15.0 Å². The van der Waals surface area contributed by atoms with E-state index in [0.717, 1.165) is 0 Å². The Kier molecular flexibility index (Phi) is 3.89. The first-order valence-electron chi connectivity index (χ1n) is 7.13. The van der Waals surface area contributed by atoms with Crippen molar-refractivity contribution in [2.24, 2.45) is 5.41 Å². The molecule has 0 unspecified atom stereocenters. The lowest BCUT2D eigenvalue weighted by atomic mass is 9.90. The first-order valence-corrected chi connectivity index (χ1v) is 7.13. The van der Waals surface area contributed by atoms with Gasteiger partial charge in [-0.15, -0.1) is 5.10 Å². The van der Waals surface area contributed by atoms with Crippen LogP contribution in [0.3, 0.4) is 0 Å². The maximum absolute atomic E-state index is 12.2. The zero-order chi connectivity index (χ0) is 15.6. The van der Waals surface area contributed by atoms with Crippen LogP contribution in [0.5, 0.6) is 0 Å². The van der Waals surface area contributed by atoms with E-state index in [-0.39, 0.29) is 29.9 Å². The Hall–Kier alpha value is -2.28. The van der Waals surface area contributed by atoms with Gasteiger partial charge in [-0.3, -0.25) is 9.59 Å². The molecule has 1 aliphatic rings. The standard InChI is InChI=1S/C15H17N3O4/c1-15(8-21-9-15)10-22-13(19)6-7-18-14(20)11-4-2-3-5-12(11)16-17-18/h2-5H,6-10H2,1H3. The molecule has 0 bridgehead atoms. The molecule has 7 nitrogen and oxygen atoms in total. The third kappa shape index (κ3) is 2.99. The molecule has 0 N–H and O–H groups in total. The fourth-order valence-corrected chi connectivity index (χ4v) is 2.23. The SMILES string of the molecule is CC1(COC(=O)CCn2nnc3ccccc3c2=O)COC1. The largest absolute Gasteiger partial charge is 0.465 e. The fourth-order valence-electron chi connectivity index (χ4n) is 2.23. The molecule has 0 amide bonds. The number of rotatable bonds is 5. The molecule has 1 fully saturated rings. The summed E-state index contributed by atoms with van der Waals surface area (Å²) in [4.78, 5) is 24.0. The number of esters is 1. The zero-order valence-electron chi connectivity index (χ0n) is 12.3. The zero-order valence-corrected chi connectivity index (χ0v) is 12.3. The number of aryl methyl sites for hydroxylation is 1. The van der Waals surface area contributed by atoms with E-state index >= 15 is 0 Å². The molecular formula is C15H17N3O4. The first-order chi connectivity index (χ1) is 10.6. The van der Waals surface area contributed by atoms with Crippen molar-refractivity contribution in [3.63, 3.8) is 0 Å². The van der Waals surface area contributed by atoms with Crippen molar-refractivity contribution in [2.45, 2.75) is 19.9 Å². The number of ether oxygens (including phenoxy) is 2. The Labute approximate surface area is 126 Å². The minimum atomic E-state index is -0.352. The highest BCUT2D eigenvalue weighted by Crippen LogP contribution is 2.26. The molecule has 0 atom stereocenters. The summed E-state index contributed by atoms with van der Waals surface area (Å²) in [7, 11) is 0. The van der Waals surface area contributed by atoms with Gasteiger partial charge in [-0.1, -0.05) is 24.3 Å². The molecule has 116 valence electrons. The average molecular weight is 303 g/mol. The van der Waals surface area contributed by atoms with Crippen LogP contribution in [0.25, 0.3) is 10.9 Å². The van der Waals surface area contributed by atoms with Crippen molar-refractivity contribution in [1.29, 1.82) is 0 Å². The van der Waals surface area contributed by atoms with Gasteiger partial charge in [0.05, 0.1) is 31.6 Å². The van der Waals surface area contributed by atoms with Crippen LogP contribution >= 0.6 is 0 Å². The Balaban J connectivity index is 1.60. The van der Waals surface area contributed by atoms with Crippen LogP contribution in [0.4, 0.5) is 0 Å². The van der Waals surface area contributed by atoms with Crippen LogP contribution < -0.4 is 5.56 Å². The molecule has 1 aromatic carbocycles. The molecule has 1 saturated heterocycles. The molecule has 2 heterocycles. The lowest BCUT2D eigenvalue weighted by Crippen LogP contribution is -2.44. The van der Waals surface area contributed by atoms with E-state index < -0.39 is 0 Å². The summed E-state index contributed by atoms with van der Waals surface area (Å²) >= 11 is 0. The van der Waals surface area contributed by atoms with E-state index in [1.165, 1.54) is 4.68 Å². The van der Waals surface area contributed by atoms with Crippen molar-refractivity contribution in [3.8, 4) is 0 Å². The van der Waals surface area contributed by atoms with Crippen LogP contribution in [0.1, 0.15) is 13.3 Å². The summed E-state index contributed by atoms with van der Waals surface area (Å²) in [5.41, 5.74) is 0.219. The second-order valence-corrected chi connectivity index (χ2v) is 5.85. The van der Waals surface area contributed by atoms with E-state index in [1.54, 1.807) is 24.3 Å². The molecule has 0 saturated carbocycles. The maximum atomic E-state index is 12.2. The molecule has 7 heteroatoms. The highest BCUT2D eigenvalue weighted by Gasteiger charge is 2.34. The molecule has 1 aromatic heterocycles. The van der Waals surface area contributed by atoms with Crippen LogP contribution in [0.15, 0.2) is 29.1 Å². The van der Waals surface area contributed by atoms with Gasteiger partial charge in [-0.05, 0) is 12.1 Å². The summed E-state index contributed by atoms with van der Waals surface area (Å²) < 4.78 is 11.5. The van der Waals surface area contributed by atoms with Crippen molar-refractivity contribution in [3.05, 3.63) is 34.6 Å². The second kappa shape index (κ2) is 5.84. The first kappa shape index (κ1) is 14.6. The van der Waals surface area contributed by atoms with E-state index in [1.807, 2.05) is 6.92 Å². The number of hydrogen-bond donors (Lipinski definition) is 0. The minimum Gasteiger partial charge on any atom is -0.465 e. The molecule has 0 radical (unpaired) electrons. The number of hydrogen-bond acceptors (Lipinski definition) is 6. The summed E-state index contributed by atoms with van der Waals surface area (Å²) in [5, 5.41) is 8.30. The van der Waals surface area contributed by atoms with Gasteiger partial charge < -0.3 is 9.47 Å². The smallest absolute Gasteiger partial charge is 0.307 e. The van der Waals surface area contributed by atoms with Gasteiger partial charge in [-0.2, -0.15) is 0 Å². The number of nitrogens with zero attached hydrogens (tertiary/aromatic N) is 3. The predicted octanol–water partition coefficient (Wildman–Crippen LogP) is 0.761. The molecule has 3 rings (SSSR count). The quantitative estimate of drug-likeness (QED) is 0.758. The van der Waals surface area contributed by atoms with Crippen LogP contribution in [0.2, 0.25) is 0 Å². The van der Waals surface area contributed by atoms with Crippen LogP contribution in [-0.4, -0.2) is 40.8 Å². The van der Waals surface area contributed by atoms with Crippen molar-refractivity contribution >= 4 is 16.9 Å². The number of benzene rings is 1. The summed E-state index contributed by atoms with van der Waals surface area (Å²) in [6.07, 6.45) is 0.0872. The fraction of sp³-hybridized carbons (Fsp3) is 0.467. The van der Waals surface area contributed by atoms with Gasteiger partial charge >= 0.3 is 5.97 Å². The molecular weight excluding hydrogens is 286 g/mol. The molecule has 2 aromatic rings. The Morgan fingerprint density at radius 3 is 2.91 bits per heavy atom. The van der Waals surface area contributed by atoms with E-state index in [9.17, 15) is 9.59 Å². The highest BCUT2D eigenvalue weighted by molar-refractivity contribution is 5.76. The maximum Gasteiger partial charge on any atom is 0.307 e. The number of aromatic nitrogens is 3. The number of fused-ring (bicyclic) bond motifs is 1. The Bertz CT molecular complexity index is 752. The number of carbonyl (C=O) groups excluding carboxylic acids is 1. The molecule has 0 spiro atoms. The normalized spacial score (nSPS) is 16.2. The third-order valence-corrected chi connectivity index (χ3v) is 3.64. The summed E-state index contributed by atoms with van der Waals surface area (Å²) in [6, 6.07) is 6.98. The molecule has 0 aliphatic carbocycles. The topological polar surface area (TPSA) is 83.3 Å². The van der Waals surface area contributed by atoms with Crippen molar-refractivity contribution < 1.29 is 14.3 Å². The van der Waals surface area contributed by atoms with E-state index in [2.05, 4.69) is 10.3 Å². The molecule has 1 aliphatic heterocycles. The van der Waals surface area contributed by atoms with Gasteiger partial charge in [0.15, 0.2) is 0 Å². The lowest BCUT2D eigenvalue weighted by Gasteiger charge is -2.37. The van der Waals surface area contributed by atoms with Gasteiger partial charge in [0.1, 0.15) is 12.1 Å².